The molecular formula is C25H26BrN5O. The molecule has 0 radical (unpaired) electrons. The molecule has 4 aromatic rings. The van der Waals surface area contributed by atoms with Crippen molar-refractivity contribution >= 4 is 33.0 Å². The molecule has 0 fully saturated rings. The number of aromatic nitrogens is 4. The topological polar surface area (TPSA) is 65.1 Å². The zero-order chi connectivity index (χ0) is 23.2. The third-order valence-electron chi connectivity index (χ3n) is 5.39. The monoisotopic (exact) mass is 491 g/mol. The quantitative estimate of drug-likeness (QED) is 0.358. The van der Waals surface area contributed by atoms with Gasteiger partial charge in [0.25, 0.3) is 5.56 Å². The van der Waals surface area contributed by atoms with Gasteiger partial charge in [-0.1, -0.05) is 42.8 Å². The van der Waals surface area contributed by atoms with Gasteiger partial charge in [-0.2, -0.15) is 9.78 Å². The first-order chi connectivity index (χ1) is 15.1. The third-order valence-corrected chi connectivity index (χ3v) is 5.88. The molecule has 32 heavy (non-hydrogen) atoms. The minimum Gasteiger partial charge on any atom is -0.303 e. The van der Waals surface area contributed by atoms with Crippen molar-refractivity contribution in [2.75, 3.05) is 0 Å². The Morgan fingerprint density at radius 2 is 1.81 bits per heavy atom. The van der Waals surface area contributed by atoms with Crippen molar-refractivity contribution in [2.45, 2.75) is 47.0 Å². The van der Waals surface area contributed by atoms with Crippen LogP contribution in [0.5, 0.6) is 0 Å². The summed E-state index contributed by atoms with van der Waals surface area (Å²) >= 11 is 3.45. The Kier molecular flexibility index (Phi) is 5.63. The van der Waals surface area contributed by atoms with Crippen molar-refractivity contribution in [3.05, 3.63) is 85.8 Å². The van der Waals surface area contributed by atoms with Gasteiger partial charge < -0.3 is 4.57 Å². The second kappa shape index (κ2) is 8.13. The molecule has 0 aliphatic heterocycles. The van der Waals surface area contributed by atoms with Crippen LogP contribution in [0.25, 0.3) is 16.7 Å². The van der Waals surface area contributed by atoms with E-state index in [1.807, 2.05) is 78.1 Å². The number of rotatable bonds is 3. The first kappa shape index (κ1) is 22.1. The van der Waals surface area contributed by atoms with Gasteiger partial charge >= 0.3 is 0 Å². The molecule has 0 amide bonds. The predicted octanol–water partition coefficient (Wildman–Crippen LogP) is 5.45. The summed E-state index contributed by atoms with van der Waals surface area (Å²) in [4.78, 5) is 22.7. The number of aryl methyl sites for hydroxylation is 2. The molecule has 0 N–H and O–H groups in total. The molecule has 7 heteroatoms. The number of benzene rings is 1. The van der Waals surface area contributed by atoms with Crippen LogP contribution in [0.1, 0.15) is 49.1 Å². The fourth-order valence-corrected chi connectivity index (χ4v) is 4.09. The Morgan fingerprint density at radius 1 is 1.06 bits per heavy atom. The van der Waals surface area contributed by atoms with E-state index < -0.39 is 0 Å². The van der Waals surface area contributed by atoms with Crippen LogP contribution in [0.4, 0.5) is 0 Å². The Labute approximate surface area is 195 Å². The van der Waals surface area contributed by atoms with E-state index in [9.17, 15) is 4.79 Å². The molecule has 0 saturated carbocycles. The smallest absolute Gasteiger partial charge is 0.282 e. The largest absolute Gasteiger partial charge is 0.303 e. The van der Waals surface area contributed by atoms with Crippen LogP contribution >= 0.6 is 15.9 Å². The third kappa shape index (κ3) is 4.05. The van der Waals surface area contributed by atoms with Gasteiger partial charge in [0.15, 0.2) is 0 Å². The number of hydrogen-bond acceptors (Lipinski definition) is 4. The predicted molar refractivity (Wildman–Crippen MR) is 133 cm³/mol. The zero-order valence-electron chi connectivity index (χ0n) is 19.1. The molecule has 0 atom stereocenters. The minimum atomic E-state index is -0.361. The number of halogens is 1. The fourth-order valence-electron chi connectivity index (χ4n) is 3.72. The van der Waals surface area contributed by atoms with Crippen LogP contribution in [0.15, 0.2) is 57.0 Å². The molecule has 0 saturated heterocycles. The maximum atomic E-state index is 13.4. The summed E-state index contributed by atoms with van der Waals surface area (Å²) in [6.45, 7) is 12.2. The van der Waals surface area contributed by atoms with E-state index in [1.165, 1.54) is 4.68 Å². The maximum absolute atomic E-state index is 13.4. The van der Waals surface area contributed by atoms with Crippen LogP contribution in [-0.2, 0) is 5.41 Å². The number of nitrogens with zero attached hydrogens (tertiary/aromatic N) is 5. The van der Waals surface area contributed by atoms with Crippen molar-refractivity contribution < 1.29 is 0 Å². The lowest BCUT2D eigenvalue weighted by Crippen LogP contribution is -2.29. The highest BCUT2D eigenvalue weighted by molar-refractivity contribution is 9.10. The first-order valence-electron chi connectivity index (χ1n) is 10.5. The van der Waals surface area contributed by atoms with Gasteiger partial charge in [-0.25, -0.2) is 9.97 Å². The SMILES string of the molecule is Cc1ccc(-n2c(C)cc(C=Nn3c(C(C)(C)C)nc4ccc(Br)cc4c3=O)c2C)nc1. The highest BCUT2D eigenvalue weighted by Gasteiger charge is 2.23. The van der Waals surface area contributed by atoms with E-state index in [4.69, 9.17) is 4.98 Å². The van der Waals surface area contributed by atoms with Crippen molar-refractivity contribution in [2.24, 2.45) is 5.10 Å². The Hall–Kier alpha value is -3.06. The summed E-state index contributed by atoms with van der Waals surface area (Å²) in [7, 11) is 0. The Bertz CT molecular complexity index is 1410. The van der Waals surface area contributed by atoms with Gasteiger partial charge in [0.05, 0.1) is 17.1 Å². The molecule has 1 aromatic carbocycles. The lowest BCUT2D eigenvalue weighted by Gasteiger charge is -2.20. The standard InChI is InChI=1S/C25H26BrN5O/c1-15-7-10-22(27-13-15)30-16(2)11-18(17(30)3)14-28-31-23(32)20-12-19(26)8-9-21(20)29-24(31)25(4,5)6/h7-14H,1-6H3. The summed E-state index contributed by atoms with van der Waals surface area (Å²) in [5, 5.41) is 5.14. The Balaban J connectivity index is 1.86. The lowest BCUT2D eigenvalue weighted by atomic mass is 9.95. The van der Waals surface area contributed by atoms with E-state index in [0.29, 0.717) is 16.7 Å². The lowest BCUT2D eigenvalue weighted by molar-refractivity contribution is 0.506. The first-order valence-corrected chi connectivity index (χ1v) is 11.2. The van der Waals surface area contributed by atoms with Crippen LogP contribution in [0.2, 0.25) is 0 Å². The van der Waals surface area contributed by atoms with Crippen molar-refractivity contribution in [3.8, 4) is 5.82 Å². The van der Waals surface area contributed by atoms with Gasteiger partial charge in [0.2, 0.25) is 0 Å². The van der Waals surface area contributed by atoms with Crippen molar-refractivity contribution in [3.63, 3.8) is 0 Å². The molecule has 0 spiro atoms. The van der Waals surface area contributed by atoms with E-state index >= 15 is 0 Å². The second-order valence-electron chi connectivity index (χ2n) is 9.06. The van der Waals surface area contributed by atoms with Crippen LogP contribution in [0, 0.1) is 20.8 Å². The second-order valence-corrected chi connectivity index (χ2v) is 9.98. The molecule has 0 unspecified atom stereocenters. The van der Waals surface area contributed by atoms with Crippen molar-refractivity contribution in [1.29, 1.82) is 0 Å². The minimum absolute atomic E-state index is 0.188. The normalized spacial score (nSPS) is 12.2. The number of pyridine rings is 1. The van der Waals surface area contributed by atoms with Gasteiger partial charge in [-0.3, -0.25) is 4.79 Å². The summed E-state index contributed by atoms with van der Waals surface area (Å²) in [6, 6.07) is 11.6. The summed E-state index contributed by atoms with van der Waals surface area (Å²) in [5.74, 6) is 1.47. The summed E-state index contributed by atoms with van der Waals surface area (Å²) < 4.78 is 4.34. The van der Waals surface area contributed by atoms with E-state index in [2.05, 4.69) is 30.6 Å². The highest BCUT2D eigenvalue weighted by atomic mass is 79.9. The average Bonchev–Trinajstić information content (AvgIpc) is 3.01. The molecule has 6 nitrogen and oxygen atoms in total. The van der Waals surface area contributed by atoms with E-state index in [-0.39, 0.29) is 11.0 Å². The van der Waals surface area contributed by atoms with Crippen LogP contribution in [0.3, 0.4) is 0 Å². The highest BCUT2D eigenvalue weighted by Crippen LogP contribution is 2.23. The fraction of sp³-hybridized carbons (Fsp3) is 0.280. The van der Waals surface area contributed by atoms with Gasteiger partial charge in [-0.15, -0.1) is 0 Å². The van der Waals surface area contributed by atoms with Crippen LogP contribution in [-0.4, -0.2) is 25.4 Å². The molecule has 0 aliphatic carbocycles. The Morgan fingerprint density at radius 3 is 2.47 bits per heavy atom. The van der Waals surface area contributed by atoms with Gasteiger partial charge in [0.1, 0.15) is 11.6 Å². The number of hydrogen-bond donors (Lipinski definition) is 0. The summed E-state index contributed by atoms with van der Waals surface area (Å²) in [5.41, 5.74) is 4.20. The van der Waals surface area contributed by atoms with Gasteiger partial charge in [-0.05, 0) is 56.7 Å². The molecule has 3 heterocycles. The summed E-state index contributed by atoms with van der Waals surface area (Å²) in [6.07, 6.45) is 3.59. The molecule has 4 rings (SSSR count). The molecule has 0 bridgehead atoms. The van der Waals surface area contributed by atoms with Crippen LogP contribution < -0.4 is 5.56 Å². The molecule has 0 aliphatic rings. The maximum Gasteiger partial charge on any atom is 0.282 e. The molecular weight excluding hydrogens is 466 g/mol. The van der Waals surface area contributed by atoms with Crippen molar-refractivity contribution in [1.82, 2.24) is 19.2 Å². The number of fused-ring (bicyclic) bond motifs is 1. The van der Waals surface area contributed by atoms with E-state index in [0.717, 1.165) is 32.8 Å². The van der Waals surface area contributed by atoms with E-state index in [1.54, 1.807) is 12.3 Å². The zero-order valence-corrected chi connectivity index (χ0v) is 20.7. The average molecular weight is 492 g/mol. The molecule has 3 aromatic heterocycles. The molecule has 164 valence electrons. The van der Waals surface area contributed by atoms with Gasteiger partial charge in [0, 0.05) is 33.0 Å².